The number of phenolic OH excluding ortho intramolecular Hbond substituents is 3. The highest BCUT2D eigenvalue weighted by molar-refractivity contribution is 5.87. The molecule has 0 aliphatic heterocycles. The van der Waals surface area contributed by atoms with Gasteiger partial charge >= 0.3 is 0 Å². The van der Waals surface area contributed by atoms with E-state index in [1.807, 2.05) is 0 Å². The van der Waals surface area contributed by atoms with Crippen molar-refractivity contribution in [2.24, 2.45) is 30.7 Å². The summed E-state index contributed by atoms with van der Waals surface area (Å²) in [4.78, 5) is 36.4. The Labute approximate surface area is 302 Å². The van der Waals surface area contributed by atoms with Crippen LogP contribution >= 0.6 is 0 Å². The van der Waals surface area contributed by atoms with Crippen molar-refractivity contribution < 1.29 is 45.4 Å². The van der Waals surface area contributed by atoms with E-state index in [0.717, 1.165) is 18.2 Å². The number of hydrogen-bond acceptors (Lipinski definition) is 21. The van der Waals surface area contributed by atoms with Gasteiger partial charge in [0, 0.05) is 39.3 Å². The molecule has 0 radical (unpaired) electrons. The second-order valence-corrected chi connectivity index (χ2v) is 11.0. The first kappa shape index (κ1) is 39.3. The fraction of sp³-hybridized carbons (Fsp3) is 0.200. The van der Waals surface area contributed by atoms with E-state index < -0.39 is 86.3 Å². The van der Waals surface area contributed by atoms with Gasteiger partial charge in [0.1, 0.15) is 37.3 Å². The molecule has 0 unspecified atom stereocenters. The van der Waals surface area contributed by atoms with Crippen molar-refractivity contribution in [2.45, 2.75) is 0 Å². The van der Waals surface area contributed by atoms with Gasteiger partial charge in [-0.2, -0.15) is 15.3 Å². The zero-order valence-electron chi connectivity index (χ0n) is 28.3. The number of anilines is 3. The molecule has 0 aliphatic rings. The summed E-state index contributed by atoms with van der Waals surface area (Å²) in [6, 6.07) is 10.5. The van der Waals surface area contributed by atoms with Gasteiger partial charge in [-0.15, -0.1) is 15.3 Å². The molecular weight excluding hydrogens is 720 g/mol. The lowest BCUT2D eigenvalue weighted by atomic mass is 10.2. The average molecular weight is 751 g/mol. The van der Waals surface area contributed by atoms with Gasteiger partial charge in [-0.1, -0.05) is 0 Å². The number of rotatable bonds is 15. The number of benzene rings is 4. The Balaban J connectivity index is 1.90. The number of nitrogens with zero attached hydrogens (tertiary/aromatic N) is 12. The Kier molecular flexibility index (Phi) is 12.2. The maximum absolute atomic E-state index is 11.7. The number of hydrogen-bond donors (Lipinski definition) is 6. The van der Waals surface area contributed by atoms with Crippen LogP contribution in [0.5, 0.6) is 17.2 Å². The highest BCUT2D eigenvalue weighted by Gasteiger charge is 2.26. The first-order valence-electron chi connectivity index (χ1n) is 15.0. The van der Waals surface area contributed by atoms with E-state index in [0.29, 0.717) is 0 Å². The molecule has 282 valence electrons. The van der Waals surface area contributed by atoms with Gasteiger partial charge in [-0.25, -0.2) is 0 Å². The van der Waals surface area contributed by atoms with Crippen molar-refractivity contribution in [3.8, 4) is 17.2 Å². The van der Waals surface area contributed by atoms with Crippen LogP contribution in [-0.2, 0) is 0 Å². The van der Waals surface area contributed by atoms with Gasteiger partial charge in [0.25, 0.3) is 17.1 Å². The van der Waals surface area contributed by atoms with Gasteiger partial charge in [0.2, 0.25) is 0 Å². The number of phenols is 3. The molecule has 4 rings (SSSR count). The van der Waals surface area contributed by atoms with E-state index in [1.165, 1.54) is 72.2 Å². The fourth-order valence-corrected chi connectivity index (χ4v) is 4.64. The molecule has 0 amide bonds. The summed E-state index contributed by atoms with van der Waals surface area (Å²) in [5, 5.41) is 120. The summed E-state index contributed by atoms with van der Waals surface area (Å²) < 4.78 is 0. The Morgan fingerprint density at radius 2 is 0.722 bits per heavy atom. The third-order valence-corrected chi connectivity index (χ3v) is 7.48. The van der Waals surface area contributed by atoms with Crippen molar-refractivity contribution in [3.63, 3.8) is 0 Å². The molecule has 4 aromatic rings. The maximum Gasteiger partial charge on any atom is 0.294 e. The summed E-state index contributed by atoms with van der Waals surface area (Å²) in [6.07, 6.45) is 0. The van der Waals surface area contributed by atoms with Gasteiger partial charge in [0.15, 0.2) is 34.3 Å². The molecule has 0 aliphatic carbocycles. The summed E-state index contributed by atoms with van der Waals surface area (Å²) in [5.74, 6) is -3.16. The summed E-state index contributed by atoms with van der Waals surface area (Å²) in [7, 11) is 4.17. The normalized spacial score (nSPS) is 11.4. The second kappa shape index (κ2) is 16.7. The minimum atomic E-state index is -1.05. The first-order chi connectivity index (χ1) is 25.6. The second-order valence-electron chi connectivity index (χ2n) is 11.0. The van der Waals surface area contributed by atoms with Crippen LogP contribution in [0.1, 0.15) is 0 Å². The van der Waals surface area contributed by atoms with E-state index in [1.54, 1.807) is 0 Å². The van der Waals surface area contributed by atoms with Crippen LogP contribution in [0, 0.1) is 30.3 Å². The van der Waals surface area contributed by atoms with Crippen LogP contribution in [0.2, 0.25) is 0 Å². The third-order valence-electron chi connectivity index (χ3n) is 7.48. The summed E-state index contributed by atoms with van der Waals surface area (Å²) in [5.41, 5.74) is -4.34. The lowest BCUT2D eigenvalue weighted by Gasteiger charge is -2.15. The molecule has 0 fully saturated rings. The van der Waals surface area contributed by atoms with E-state index in [-0.39, 0.29) is 34.1 Å². The topological polar surface area (TPSA) is 335 Å². The standard InChI is InChI=1S/C30H30N12O12/c1-37(13-43)19-7-4-16(10-22(19)40(49)50)31-34-25-28(46)26(35-32-17-5-8-20(38(2)14-44)23(11-17)41(51)52)30(48)27(29(25)47)36-33-18-6-9-21(39(3)15-45)24(12-18)42(53)54/h4-12,43-48H,13-15H2,1-3H3. The molecule has 54 heavy (non-hydrogen) atoms. The number of aliphatic hydroxyl groups excluding tert-OH is 3. The largest absolute Gasteiger partial charge is 0.504 e. The first-order valence-corrected chi connectivity index (χ1v) is 15.0. The fourth-order valence-electron chi connectivity index (χ4n) is 4.64. The van der Waals surface area contributed by atoms with E-state index >= 15 is 0 Å². The lowest BCUT2D eigenvalue weighted by Crippen LogP contribution is -2.18. The molecule has 0 bridgehead atoms. The molecule has 0 saturated carbocycles. The van der Waals surface area contributed by atoms with Crippen LogP contribution in [0.4, 0.5) is 68.2 Å². The van der Waals surface area contributed by atoms with Gasteiger partial charge in [0.05, 0.1) is 31.8 Å². The Morgan fingerprint density at radius 3 is 0.926 bits per heavy atom. The zero-order chi connectivity index (χ0) is 39.9. The van der Waals surface area contributed by atoms with Crippen molar-refractivity contribution in [2.75, 3.05) is 56.0 Å². The van der Waals surface area contributed by atoms with Crippen molar-refractivity contribution in [3.05, 3.63) is 84.9 Å². The molecule has 0 heterocycles. The highest BCUT2D eigenvalue weighted by atomic mass is 16.6. The Bertz CT molecular complexity index is 1930. The molecular formula is C30H30N12O12. The number of aliphatic hydroxyl groups is 3. The van der Waals surface area contributed by atoms with E-state index in [2.05, 4.69) is 30.7 Å². The average Bonchev–Trinajstić information content (AvgIpc) is 3.16. The van der Waals surface area contributed by atoms with Gasteiger partial charge in [-0.3, -0.25) is 30.3 Å². The van der Waals surface area contributed by atoms with Crippen molar-refractivity contribution >= 4 is 68.2 Å². The molecule has 24 heteroatoms. The number of nitro groups is 3. The molecule has 24 nitrogen and oxygen atoms in total. The molecule has 0 atom stereocenters. The summed E-state index contributed by atoms with van der Waals surface area (Å²) >= 11 is 0. The molecule has 0 aromatic heterocycles. The van der Waals surface area contributed by atoms with Gasteiger partial charge < -0.3 is 45.3 Å². The predicted octanol–water partition coefficient (Wildman–Crippen LogP) is 5.93. The summed E-state index contributed by atoms with van der Waals surface area (Å²) in [6.45, 7) is -1.67. The minimum Gasteiger partial charge on any atom is -0.504 e. The minimum absolute atomic E-state index is 0.0229. The molecule has 6 N–H and O–H groups in total. The molecule has 4 aromatic carbocycles. The van der Waals surface area contributed by atoms with E-state index in [4.69, 9.17) is 0 Å². The monoisotopic (exact) mass is 750 g/mol. The van der Waals surface area contributed by atoms with Crippen LogP contribution in [0.3, 0.4) is 0 Å². The number of nitro benzene ring substituents is 3. The SMILES string of the molecule is CN(CO)c1ccc(N=Nc2c(O)c(N=Nc3ccc(N(C)CO)c([N+](=O)[O-])c3)c(O)c(N=Nc3ccc(N(C)CO)c([N+](=O)[O-])c3)c2O)cc1[N+](=O)[O-]. The van der Waals surface area contributed by atoms with Crippen LogP contribution < -0.4 is 14.7 Å². The predicted molar refractivity (Wildman–Crippen MR) is 190 cm³/mol. The van der Waals surface area contributed by atoms with Crippen molar-refractivity contribution in [1.82, 2.24) is 0 Å². The smallest absolute Gasteiger partial charge is 0.294 e. The van der Waals surface area contributed by atoms with Crippen LogP contribution in [0.25, 0.3) is 0 Å². The molecule has 0 spiro atoms. The van der Waals surface area contributed by atoms with Crippen LogP contribution in [-0.4, -0.2) is 86.7 Å². The Morgan fingerprint density at radius 1 is 0.481 bits per heavy atom. The number of azo groups is 3. The lowest BCUT2D eigenvalue weighted by molar-refractivity contribution is -0.384. The Hall–Kier alpha value is -7.44. The van der Waals surface area contributed by atoms with Crippen molar-refractivity contribution in [1.29, 1.82) is 0 Å². The van der Waals surface area contributed by atoms with E-state index in [9.17, 15) is 61.0 Å². The molecule has 0 saturated heterocycles. The highest BCUT2D eigenvalue weighted by Crippen LogP contribution is 2.57. The number of aromatic hydroxyl groups is 3. The third kappa shape index (κ3) is 8.36. The zero-order valence-corrected chi connectivity index (χ0v) is 28.3. The van der Waals surface area contributed by atoms with Gasteiger partial charge in [-0.05, 0) is 36.4 Å². The van der Waals surface area contributed by atoms with Crippen LogP contribution in [0.15, 0.2) is 85.3 Å². The quantitative estimate of drug-likeness (QED) is 0.0355. The maximum atomic E-state index is 11.7.